The lowest BCUT2D eigenvalue weighted by molar-refractivity contribution is 0.962. The Hall–Kier alpha value is -1.97. The molecular formula is C11H12N4. The van der Waals surface area contributed by atoms with Crippen molar-refractivity contribution < 1.29 is 0 Å². The second-order valence-corrected chi connectivity index (χ2v) is 3.27. The van der Waals surface area contributed by atoms with E-state index in [2.05, 4.69) is 20.5 Å². The number of aromatic nitrogens is 3. The Morgan fingerprint density at radius 2 is 1.87 bits per heavy atom. The van der Waals surface area contributed by atoms with Gasteiger partial charge in [-0.1, -0.05) is 0 Å². The van der Waals surface area contributed by atoms with Gasteiger partial charge in [0.05, 0.1) is 5.69 Å². The largest absolute Gasteiger partial charge is 0.365 e. The fourth-order valence-electron chi connectivity index (χ4n) is 1.19. The highest BCUT2D eigenvalue weighted by Gasteiger charge is 1.94. The maximum absolute atomic E-state index is 4.02. The second-order valence-electron chi connectivity index (χ2n) is 3.27. The molecule has 0 aromatic carbocycles. The molecule has 76 valence electrons. The Balaban J connectivity index is 1.96. The van der Waals surface area contributed by atoms with Gasteiger partial charge in [-0.2, -0.15) is 5.10 Å². The molecule has 0 saturated heterocycles. The summed E-state index contributed by atoms with van der Waals surface area (Å²) in [6, 6.07) is 7.79. The summed E-state index contributed by atoms with van der Waals surface area (Å²) in [5, 5.41) is 11.2. The molecule has 0 aliphatic rings. The minimum Gasteiger partial charge on any atom is -0.365 e. The zero-order chi connectivity index (χ0) is 10.5. The monoisotopic (exact) mass is 200 g/mol. The number of hydrogen-bond acceptors (Lipinski definition) is 4. The Bertz CT molecular complexity index is 410. The van der Waals surface area contributed by atoms with Gasteiger partial charge >= 0.3 is 0 Å². The van der Waals surface area contributed by atoms with E-state index < -0.39 is 0 Å². The van der Waals surface area contributed by atoms with E-state index in [1.54, 1.807) is 12.4 Å². The van der Waals surface area contributed by atoms with Gasteiger partial charge in [-0.25, -0.2) is 0 Å². The summed E-state index contributed by atoms with van der Waals surface area (Å²) in [4.78, 5) is 3.96. The standard InChI is InChI=1S/C11H12N4/c1-9-2-3-11(15-14-9)13-8-10-4-6-12-7-5-10/h2-7H,8H2,1H3,(H,13,15). The zero-order valence-electron chi connectivity index (χ0n) is 8.51. The summed E-state index contributed by atoms with van der Waals surface area (Å²) in [5.41, 5.74) is 2.09. The summed E-state index contributed by atoms with van der Waals surface area (Å²) >= 11 is 0. The first-order chi connectivity index (χ1) is 7.34. The topological polar surface area (TPSA) is 50.7 Å². The average molecular weight is 200 g/mol. The molecule has 0 fully saturated rings. The molecule has 4 heteroatoms. The van der Waals surface area contributed by atoms with Gasteiger partial charge in [-0.3, -0.25) is 4.98 Å². The quantitative estimate of drug-likeness (QED) is 0.820. The van der Waals surface area contributed by atoms with E-state index in [4.69, 9.17) is 0 Å². The van der Waals surface area contributed by atoms with E-state index in [0.717, 1.165) is 18.1 Å². The van der Waals surface area contributed by atoms with E-state index in [-0.39, 0.29) is 0 Å². The third kappa shape index (κ3) is 2.74. The average Bonchev–Trinajstić information content (AvgIpc) is 2.30. The molecule has 1 N–H and O–H groups in total. The van der Waals surface area contributed by atoms with Crippen LogP contribution in [0.1, 0.15) is 11.3 Å². The van der Waals surface area contributed by atoms with Crippen LogP contribution in [0.2, 0.25) is 0 Å². The molecule has 0 spiro atoms. The smallest absolute Gasteiger partial charge is 0.148 e. The lowest BCUT2D eigenvalue weighted by Crippen LogP contribution is -2.02. The van der Waals surface area contributed by atoms with Crippen molar-refractivity contribution in [1.82, 2.24) is 15.2 Å². The first-order valence-corrected chi connectivity index (χ1v) is 4.78. The molecule has 0 bridgehead atoms. The van der Waals surface area contributed by atoms with Crippen LogP contribution >= 0.6 is 0 Å². The number of nitrogens with zero attached hydrogens (tertiary/aromatic N) is 3. The van der Waals surface area contributed by atoms with Gasteiger partial charge in [-0.05, 0) is 36.8 Å². The second kappa shape index (κ2) is 4.50. The minimum atomic E-state index is 0.736. The van der Waals surface area contributed by atoms with Crippen LogP contribution in [0, 0.1) is 6.92 Å². The fraction of sp³-hybridized carbons (Fsp3) is 0.182. The number of hydrogen-bond donors (Lipinski definition) is 1. The van der Waals surface area contributed by atoms with Crippen molar-refractivity contribution in [3.05, 3.63) is 47.9 Å². The molecule has 0 unspecified atom stereocenters. The molecule has 2 heterocycles. The van der Waals surface area contributed by atoms with Crippen molar-refractivity contribution in [3.63, 3.8) is 0 Å². The van der Waals surface area contributed by atoms with Crippen LogP contribution in [0.3, 0.4) is 0 Å². The van der Waals surface area contributed by atoms with Crippen molar-refractivity contribution in [2.24, 2.45) is 0 Å². The maximum atomic E-state index is 4.02. The van der Waals surface area contributed by atoms with Crippen LogP contribution in [-0.2, 0) is 6.54 Å². The lowest BCUT2D eigenvalue weighted by atomic mass is 10.3. The summed E-state index contributed by atoms with van der Waals surface area (Å²) in [6.45, 7) is 2.65. The highest BCUT2D eigenvalue weighted by Crippen LogP contribution is 2.04. The van der Waals surface area contributed by atoms with Gasteiger partial charge in [-0.15, -0.1) is 5.10 Å². The molecule has 0 radical (unpaired) electrons. The minimum absolute atomic E-state index is 0.736. The molecule has 4 nitrogen and oxygen atoms in total. The molecule has 0 saturated carbocycles. The Morgan fingerprint density at radius 3 is 2.53 bits per heavy atom. The van der Waals surface area contributed by atoms with Crippen molar-refractivity contribution >= 4 is 5.82 Å². The van der Waals surface area contributed by atoms with E-state index in [0.29, 0.717) is 0 Å². The van der Waals surface area contributed by atoms with Crippen molar-refractivity contribution in [1.29, 1.82) is 0 Å². The Labute approximate surface area is 88.4 Å². The maximum Gasteiger partial charge on any atom is 0.148 e. The lowest BCUT2D eigenvalue weighted by Gasteiger charge is -2.04. The van der Waals surface area contributed by atoms with Gasteiger partial charge in [0.25, 0.3) is 0 Å². The van der Waals surface area contributed by atoms with E-state index in [1.807, 2.05) is 31.2 Å². The van der Waals surface area contributed by atoms with Gasteiger partial charge in [0.2, 0.25) is 0 Å². The number of pyridine rings is 1. The van der Waals surface area contributed by atoms with Gasteiger partial charge in [0.1, 0.15) is 5.82 Å². The van der Waals surface area contributed by atoms with Crippen molar-refractivity contribution in [3.8, 4) is 0 Å². The summed E-state index contributed by atoms with van der Waals surface area (Å²) in [5.74, 6) is 0.789. The van der Waals surface area contributed by atoms with E-state index in [1.165, 1.54) is 5.56 Å². The molecule has 0 aliphatic carbocycles. The van der Waals surface area contributed by atoms with E-state index >= 15 is 0 Å². The predicted octanol–water partition coefficient (Wildman–Crippen LogP) is 1.79. The van der Waals surface area contributed by atoms with Gasteiger partial charge < -0.3 is 5.32 Å². The third-order valence-corrected chi connectivity index (χ3v) is 2.02. The SMILES string of the molecule is Cc1ccc(NCc2ccncc2)nn1. The Morgan fingerprint density at radius 1 is 1.07 bits per heavy atom. The number of anilines is 1. The van der Waals surface area contributed by atoms with Crippen LogP contribution in [0.4, 0.5) is 5.82 Å². The number of aryl methyl sites for hydroxylation is 1. The van der Waals surface area contributed by atoms with Crippen LogP contribution in [-0.4, -0.2) is 15.2 Å². The van der Waals surface area contributed by atoms with Crippen molar-refractivity contribution in [2.45, 2.75) is 13.5 Å². The summed E-state index contributed by atoms with van der Waals surface area (Å²) in [6.07, 6.45) is 3.55. The molecule has 15 heavy (non-hydrogen) atoms. The first kappa shape index (κ1) is 9.58. The molecule has 0 atom stereocenters. The molecule has 2 rings (SSSR count). The fourth-order valence-corrected chi connectivity index (χ4v) is 1.19. The van der Waals surface area contributed by atoms with Gasteiger partial charge in [0.15, 0.2) is 0 Å². The normalized spacial score (nSPS) is 9.93. The van der Waals surface area contributed by atoms with Gasteiger partial charge in [0, 0.05) is 18.9 Å². The predicted molar refractivity (Wildman–Crippen MR) is 58.3 cm³/mol. The number of nitrogens with one attached hydrogen (secondary N) is 1. The van der Waals surface area contributed by atoms with E-state index in [9.17, 15) is 0 Å². The van der Waals surface area contributed by atoms with Crippen LogP contribution in [0.5, 0.6) is 0 Å². The highest BCUT2D eigenvalue weighted by molar-refractivity contribution is 5.33. The molecule has 0 amide bonds. The summed E-state index contributed by atoms with van der Waals surface area (Å²) in [7, 11) is 0. The van der Waals surface area contributed by atoms with Crippen molar-refractivity contribution in [2.75, 3.05) is 5.32 Å². The highest BCUT2D eigenvalue weighted by atomic mass is 15.2. The van der Waals surface area contributed by atoms with Crippen LogP contribution < -0.4 is 5.32 Å². The molecular weight excluding hydrogens is 188 g/mol. The zero-order valence-corrected chi connectivity index (χ0v) is 8.51. The first-order valence-electron chi connectivity index (χ1n) is 4.78. The molecule has 0 aliphatic heterocycles. The third-order valence-electron chi connectivity index (χ3n) is 2.02. The van der Waals surface area contributed by atoms with Crippen LogP contribution in [0.15, 0.2) is 36.7 Å². The summed E-state index contributed by atoms with van der Waals surface area (Å²) < 4.78 is 0. The number of rotatable bonds is 3. The Kier molecular flexibility index (Phi) is 2.88. The van der Waals surface area contributed by atoms with Crippen LogP contribution in [0.25, 0.3) is 0 Å². The molecule has 2 aromatic heterocycles. The molecule has 2 aromatic rings.